The topological polar surface area (TPSA) is 0 Å². The van der Waals surface area contributed by atoms with Gasteiger partial charge in [0.1, 0.15) is 0 Å². The van der Waals surface area contributed by atoms with Gasteiger partial charge in [0.05, 0.1) is 0 Å². The van der Waals surface area contributed by atoms with Gasteiger partial charge in [-0.15, -0.1) is 0 Å². The Bertz CT molecular complexity index is 478. The molecule has 0 aliphatic heterocycles. The SMILES string of the molecule is CC1(C)C2CC=C(CSSCC3=CCC4C(C3)C4(C)C)CC21. The molecule has 0 aromatic rings. The zero-order chi connectivity index (χ0) is 15.5. The Balaban J connectivity index is 1.17. The van der Waals surface area contributed by atoms with Crippen molar-refractivity contribution >= 4 is 21.6 Å². The largest absolute Gasteiger partial charge is 0.0894 e. The fourth-order valence-corrected chi connectivity index (χ4v) is 7.60. The number of hydrogen-bond acceptors (Lipinski definition) is 2. The lowest BCUT2D eigenvalue weighted by atomic mass is 10.0. The number of allylic oxidation sites excluding steroid dienone is 2. The van der Waals surface area contributed by atoms with E-state index in [0.717, 1.165) is 23.7 Å². The molecule has 2 fully saturated rings. The van der Waals surface area contributed by atoms with Crippen molar-refractivity contribution in [1.29, 1.82) is 0 Å². The molecule has 2 heteroatoms. The highest BCUT2D eigenvalue weighted by atomic mass is 33.1. The first-order valence-electron chi connectivity index (χ1n) is 9.01. The Morgan fingerprint density at radius 2 is 1.18 bits per heavy atom. The Kier molecular flexibility index (Phi) is 3.81. The average Bonchev–Trinajstić information content (AvgIpc) is 3.26. The smallest absolute Gasteiger partial charge is 0.0247 e. The van der Waals surface area contributed by atoms with E-state index >= 15 is 0 Å². The van der Waals surface area contributed by atoms with E-state index in [4.69, 9.17) is 0 Å². The van der Waals surface area contributed by atoms with E-state index in [1.54, 1.807) is 11.1 Å². The molecule has 4 rings (SSSR count). The monoisotopic (exact) mass is 334 g/mol. The quantitative estimate of drug-likeness (QED) is 0.326. The van der Waals surface area contributed by atoms with Crippen molar-refractivity contribution in [3.8, 4) is 0 Å². The van der Waals surface area contributed by atoms with Crippen molar-refractivity contribution in [1.82, 2.24) is 0 Å². The maximum Gasteiger partial charge on any atom is 0.0247 e. The minimum absolute atomic E-state index is 0.635. The molecule has 22 heavy (non-hydrogen) atoms. The van der Waals surface area contributed by atoms with Crippen LogP contribution >= 0.6 is 21.6 Å². The van der Waals surface area contributed by atoms with Crippen molar-refractivity contribution < 1.29 is 0 Å². The molecule has 0 amide bonds. The molecule has 0 spiro atoms. The lowest BCUT2D eigenvalue weighted by molar-refractivity contribution is 0.542. The maximum absolute atomic E-state index is 2.56. The number of hydrogen-bond donors (Lipinski definition) is 0. The predicted molar refractivity (Wildman–Crippen MR) is 101 cm³/mol. The van der Waals surface area contributed by atoms with E-state index in [2.05, 4.69) is 61.4 Å². The second-order valence-corrected chi connectivity index (χ2v) is 11.7. The van der Waals surface area contributed by atoms with Crippen LogP contribution < -0.4 is 0 Å². The van der Waals surface area contributed by atoms with E-state index in [1.807, 2.05) is 0 Å². The molecule has 0 saturated heterocycles. The highest BCUT2D eigenvalue weighted by molar-refractivity contribution is 8.76. The van der Waals surface area contributed by atoms with Gasteiger partial charge in [-0.3, -0.25) is 0 Å². The van der Waals surface area contributed by atoms with E-state index in [9.17, 15) is 0 Å². The Labute approximate surface area is 144 Å². The van der Waals surface area contributed by atoms with Crippen LogP contribution in [0.5, 0.6) is 0 Å². The average molecular weight is 335 g/mol. The molecule has 4 atom stereocenters. The summed E-state index contributed by atoms with van der Waals surface area (Å²) >= 11 is 0. The molecule has 122 valence electrons. The van der Waals surface area contributed by atoms with Gasteiger partial charge >= 0.3 is 0 Å². The van der Waals surface area contributed by atoms with Crippen LogP contribution in [0.2, 0.25) is 0 Å². The molecule has 0 aromatic carbocycles. The second-order valence-electron chi connectivity index (χ2n) is 9.20. The molecule has 4 aliphatic carbocycles. The minimum Gasteiger partial charge on any atom is -0.0894 e. The summed E-state index contributed by atoms with van der Waals surface area (Å²) < 4.78 is 0. The summed E-state index contributed by atoms with van der Waals surface area (Å²) in [6.45, 7) is 9.85. The normalized spacial score (nSPS) is 40.2. The lowest BCUT2D eigenvalue weighted by Crippen LogP contribution is -1.99. The molecule has 4 unspecified atom stereocenters. The van der Waals surface area contributed by atoms with Crippen LogP contribution in [0.4, 0.5) is 0 Å². The van der Waals surface area contributed by atoms with Crippen molar-refractivity contribution in [2.75, 3.05) is 11.5 Å². The molecule has 0 N–H and O–H groups in total. The van der Waals surface area contributed by atoms with Gasteiger partial charge in [0.2, 0.25) is 0 Å². The van der Waals surface area contributed by atoms with Crippen molar-refractivity contribution in [2.24, 2.45) is 34.5 Å². The number of fused-ring (bicyclic) bond motifs is 2. The summed E-state index contributed by atoms with van der Waals surface area (Å²) in [4.78, 5) is 0. The highest BCUT2D eigenvalue weighted by Crippen LogP contribution is 2.65. The van der Waals surface area contributed by atoms with Gasteiger partial charge in [-0.25, -0.2) is 0 Å². The van der Waals surface area contributed by atoms with Gasteiger partial charge in [0.15, 0.2) is 0 Å². The molecular formula is C20H30S2. The van der Waals surface area contributed by atoms with Gasteiger partial charge < -0.3 is 0 Å². The third kappa shape index (κ3) is 2.62. The predicted octanol–water partition coefficient (Wildman–Crippen LogP) is 6.35. The number of rotatable bonds is 5. The molecule has 0 radical (unpaired) electrons. The molecule has 0 aromatic heterocycles. The summed E-state index contributed by atoms with van der Waals surface area (Å²) in [6, 6.07) is 0. The summed E-state index contributed by atoms with van der Waals surface area (Å²) in [7, 11) is 4.19. The van der Waals surface area contributed by atoms with Gasteiger partial charge in [-0.2, -0.15) is 0 Å². The standard InChI is InChI=1S/C20H30S2/c1-19(2)15-7-5-13(9-17(15)19)11-21-22-12-14-6-8-16-18(10-14)20(16,3)4/h5-6,15-18H,7-12H2,1-4H3. The first-order chi connectivity index (χ1) is 10.4. The first kappa shape index (κ1) is 15.7. The molecule has 4 aliphatic rings. The van der Waals surface area contributed by atoms with Crippen LogP contribution in [-0.4, -0.2) is 11.5 Å². The summed E-state index contributed by atoms with van der Waals surface area (Å²) in [5.74, 6) is 6.50. The maximum atomic E-state index is 2.56. The first-order valence-corrected chi connectivity index (χ1v) is 11.5. The van der Waals surface area contributed by atoms with Crippen LogP contribution in [0.15, 0.2) is 23.3 Å². The summed E-state index contributed by atoms with van der Waals surface area (Å²) in [5, 5.41) is 0. The van der Waals surface area contributed by atoms with E-state index in [0.29, 0.717) is 10.8 Å². The van der Waals surface area contributed by atoms with Crippen LogP contribution in [0.1, 0.15) is 53.4 Å². The van der Waals surface area contributed by atoms with Crippen LogP contribution in [0.3, 0.4) is 0 Å². The van der Waals surface area contributed by atoms with Crippen LogP contribution in [0.25, 0.3) is 0 Å². The fourth-order valence-electron chi connectivity index (χ4n) is 5.25. The van der Waals surface area contributed by atoms with E-state index < -0.39 is 0 Å². The van der Waals surface area contributed by atoms with E-state index in [-0.39, 0.29) is 0 Å². The Morgan fingerprint density at radius 3 is 1.55 bits per heavy atom. The van der Waals surface area contributed by atoms with Crippen molar-refractivity contribution in [3.63, 3.8) is 0 Å². The molecular weight excluding hydrogens is 304 g/mol. The second kappa shape index (κ2) is 5.34. The van der Waals surface area contributed by atoms with E-state index in [1.165, 1.54) is 37.2 Å². The summed E-state index contributed by atoms with van der Waals surface area (Å²) in [6.07, 6.45) is 10.6. The molecule has 0 bridgehead atoms. The zero-order valence-electron chi connectivity index (χ0n) is 14.5. The van der Waals surface area contributed by atoms with Crippen molar-refractivity contribution in [2.45, 2.75) is 53.4 Å². The fraction of sp³-hybridized carbons (Fsp3) is 0.800. The van der Waals surface area contributed by atoms with Gasteiger partial charge in [0.25, 0.3) is 0 Å². The molecule has 0 heterocycles. The lowest BCUT2D eigenvalue weighted by Gasteiger charge is -2.13. The van der Waals surface area contributed by atoms with Gasteiger partial charge in [-0.05, 0) is 60.2 Å². The zero-order valence-corrected chi connectivity index (χ0v) is 16.2. The van der Waals surface area contributed by atoms with Gasteiger partial charge in [-0.1, -0.05) is 72.6 Å². The minimum atomic E-state index is 0.635. The summed E-state index contributed by atoms with van der Waals surface area (Å²) in [5.41, 5.74) is 4.73. The highest BCUT2D eigenvalue weighted by Gasteiger charge is 2.58. The molecule has 0 nitrogen and oxygen atoms in total. The Hall–Kier alpha value is 0.180. The third-order valence-corrected chi connectivity index (χ3v) is 9.78. The Morgan fingerprint density at radius 1 is 0.773 bits per heavy atom. The molecule has 2 saturated carbocycles. The van der Waals surface area contributed by atoms with Crippen LogP contribution in [-0.2, 0) is 0 Å². The van der Waals surface area contributed by atoms with Crippen molar-refractivity contribution in [3.05, 3.63) is 23.3 Å². The van der Waals surface area contributed by atoms with Gasteiger partial charge in [0, 0.05) is 11.5 Å². The third-order valence-electron chi connectivity index (χ3n) is 7.43. The van der Waals surface area contributed by atoms with Crippen LogP contribution in [0, 0.1) is 34.5 Å².